The predicted molar refractivity (Wildman–Crippen MR) is 70.3 cm³/mol. The summed E-state index contributed by atoms with van der Waals surface area (Å²) in [5.41, 5.74) is 2.76. The molecule has 0 unspecified atom stereocenters. The normalized spacial score (nSPS) is 10.9. The van der Waals surface area contributed by atoms with Gasteiger partial charge in [-0.3, -0.25) is 5.43 Å². The zero-order chi connectivity index (χ0) is 11.4. The number of hydrazone groups is 1. The van der Waals surface area contributed by atoms with E-state index >= 15 is 0 Å². The summed E-state index contributed by atoms with van der Waals surface area (Å²) in [6, 6.07) is 5.33. The van der Waals surface area contributed by atoms with Gasteiger partial charge >= 0.3 is 0 Å². The molecule has 2 rings (SSSR count). The van der Waals surface area contributed by atoms with Crippen LogP contribution in [0.2, 0.25) is 5.15 Å². The van der Waals surface area contributed by atoms with Gasteiger partial charge in [0.2, 0.25) is 0 Å². The van der Waals surface area contributed by atoms with E-state index < -0.39 is 0 Å². The van der Waals surface area contributed by atoms with Crippen molar-refractivity contribution in [3.8, 4) is 0 Å². The molecule has 82 valence electrons. The van der Waals surface area contributed by atoms with Crippen LogP contribution in [-0.2, 0) is 0 Å². The van der Waals surface area contributed by atoms with Crippen LogP contribution >= 0.6 is 38.9 Å². The summed E-state index contributed by atoms with van der Waals surface area (Å²) in [5.74, 6) is 0.552. The van der Waals surface area contributed by atoms with Gasteiger partial charge < -0.3 is 0 Å². The van der Waals surface area contributed by atoms with Gasteiger partial charge in [-0.1, -0.05) is 11.6 Å². The van der Waals surface area contributed by atoms with Gasteiger partial charge in [-0.25, -0.2) is 0 Å². The molecule has 2 aromatic rings. The van der Waals surface area contributed by atoms with E-state index in [-0.39, 0.29) is 0 Å². The number of halogens is 2. The molecule has 0 aromatic carbocycles. The third-order valence-corrected chi connectivity index (χ3v) is 3.42. The summed E-state index contributed by atoms with van der Waals surface area (Å²) < 4.78 is 1.05. The molecule has 0 radical (unpaired) electrons. The molecule has 0 saturated heterocycles. The van der Waals surface area contributed by atoms with Crippen LogP contribution in [0.4, 0.5) is 5.82 Å². The van der Waals surface area contributed by atoms with Gasteiger partial charge in [-0.2, -0.15) is 5.10 Å². The minimum absolute atomic E-state index is 0.358. The van der Waals surface area contributed by atoms with Crippen molar-refractivity contribution in [1.82, 2.24) is 10.2 Å². The molecule has 0 fully saturated rings. The fourth-order valence-electron chi connectivity index (χ4n) is 0.934. The van der Waals surface area contributed by atoms with Crippen LogP contribution in [-0.4, -0.2) is 16.4 Å². The Labute approximate surface area is 109 Å². The molecule has 0 amide bonds. The highest BCUT2D eigenvalue weighted by molar-refractivity contribution is 9.10. The average molecular weight is 318 g/mol. The first kappa shape index (κ1) is 11.5. The maximum absolute atomic E-state index is 5.60. The van der Waals surface area contributed by atoms with Crippen molar-refractivity contribution >= 4 is 50.9 Å². The number of rotatable bonds is 3. The van der Waals surface area contributed by atoms with Crippen LogP contribution in [0.25, 0.3) is 0 Å². The number of aromatic nitrogens is 2. The Morgan fingerprint density at radius 1 is 1.44 bits per heavy atom. The molecule has 7 heteroatoms. The number of nitrogens with zero attached hydrogens (tertiary/aromatic N) is 3. The van der Waals surface area contributed by atoms with Crippen molar-refractivity contribution < 1.29 is 0 Å². The Morgan fingerprint density at radius 2 is 2.31 bits per heavy atom. The van der Waals surface area contributed by atoms with Crippen LogP contribution < -0.4 is 5.43 Å². The maximum atomic E-state index is 5.60. The summed E-state index contributed by atoms with van der Waals surface area (Å²) >= 11 is 10.6. The van der Waals surface area contributed by atoms with Gasteiger partial charge in [0.15, 0.2) is 11.0 Å². The molecule has 1 N–H and O–H groups in total. The van der Waals surface area contributed by atoms with E-state index in [0.29, 0.717) is 11.0 Å². The third kappa shape index (κ3) is 3.26. The van der Waals surface area contributed by atoms with Gasteiger partial charge in [0, 0.05) is 14.7 Å². The van der Waals surface area contributed by atoms with Crippen molar-refractivity contribution in [3.05, 3.63) is 38.1 Å². The number of nitrogens with one attached hydrogen (secondary N) is 1. The largest absolute Gasteiger partial charge is 0.260 e. The highest BCUT2D eigenvalue weighted by Crippen LogP contribution is 2.17. The van der Waals surface area contributed by atoms with Crippen LogP contribution in [0.15, 0.2) is 33.2 Å². The fraction of sp³-hybridized carbons (Fsp3) is 0. The zero-order valence-corrected chi connectivity index (χ0v) is 11.1. The molecule has 4 nitrogen and oxygen atoms in total. The Balaban J connectivity index is 1.97. The Bertz CT molecular complexity index is 496. The van der Waals surface area contributed by atoms with Gasteiger partial charge in [-0.05, 0) is 34.1 Å². The van der Waals surface area contributed by atoms with E-state index in [1.807, 2.05) is 11.4 Å². The highest BCUT2D eigenvalue weighted by Gasteiger charge is 1.94. The lowest BCUT2D eigenvalue weighted by Crippen LogP contribution is -1.94. The number of anilines is 1. The molecule has 0 bridgehead atoms. The summed E-state index contributed by atoms with van der Waals surface area (Å²) in [6.45, 7) is 0. The number of thiophene rings is 1. The standard InChI is InChI=1S/C9H6BrClN4S/c10-6-3-7(16-5-6)4-12-14-9-2-1-8(11)13-15-9/h1-5H,(H,14,15)/b12-4+. The maximum Gasteiger partial charge on any atom is 0.168 e. The predicted octanol–water partition coefficient (Wildman–Crippen LogP) is 3.40. The molecular weight excluding hydrogens is 312 g/mol. The quantitative estimate of drug-likeness (QED) is 0.697. The third-order valence-electron chi connectivity index (χ3n) is 1.59. The summed E-state index contributed by atoms with van der Waals surface area (Å²) in [7, 11) is 0. The second-order valence-electron chi connectivity index (χ2n) is 2.78. The van der Waals surface area contributed by atoms with Crippen molar-refractivity contribution in [3.63, 3.8) is 0 Å². The molecule has 0 aliphatic rings. The van der Waals surface area contributed by atoms with E-state index in [4.69, 9.17) is 11.6 Å². The van der Waals surface area contributed by atoms with Gasteiger partial charge in [0.25, 0.3) is 0 Å². The highest BCUT2D eigenvalue weighted by atomic mass is 79.9. The van der Waals surface area contributed by atoms with Crippen molar-refractivity contribution in [2.75, 3.05) is 5.43 Å². The summed E-state index contributed by atoms with van der Waals surface area (Å²) in [5, 5.41) is 13.9. The molecule has 0 saturated carbocycles. The van der Waals surface area contributed by atoms with E-state index in [2.05, 4.69) is 36.7 Å². The summed E-state index contributed by atoms with van der Waals surface area (Å²) in [6.07, 6.45) is 1.71. The van der Waals surface area contributed by atoms with Crippen LogP contribution in [0, 0.1) is 0 Å². The molecule has 2 heterocycles. The van der Waals surface area contributed by atoms with Crippen LogP contribution in [0.1, 0.15) is 4.88 Å². The van der Waals surface area contributed by atoms with E-state index in [1.165, 1.54) is 0 Å². The lowest BCUT2D eigenvalue weighted by atomic mass is 10.5. The van der Waals surface area contributed by atoms with Crippen molar-refractivity contribution in [1.29, 1.82) is 0 Å². The van der Waals surface area contributed by atoms with Crippen LogP contribution in [0.5, 0.6) is 0 Å². The van der Waals surface area contributed by atoms with Gasteiger partial charge in [-0.15, -0.1) is 21.5 Å². The smallest absolute Gasteiger partial charge is 0.168 e. The molecular formula is C9H6BrClN4S. The molecule has 0 spiro atoms. The summed E-state index contributed by atoms with van der Waals surface area (Å²) in [4.78, 5) is 1.04. The lowest BCUT2D eigenvalue weighted by molar-refractivity contribution is 1.02. The second-order valence-corrected chi connectivity index (χ2v) is 5.02. The molecule has 2 aromatic heterocycles. The zero-order valence-electron chi connectivity index (χ0n) is 7.89. The van der Waals surface area contributed by atoms with Crippen molar-refractivity contribution in [2.45, 2.75) is 0 Å². The average Bonchev–Trinajstić information content (AvgIpc) is 2.67. The molecule has 0 aliphatic carbocycles. The number of hydrogen-bond donors (Lipinski definition) is 1. The van der Waals surface area contributed by atoms with Crippen molar-refractivity contribution in [2.24, 2.45) is 5.10 Å². The fourth-order valence-corrected chi connectivity index (χ4v) is 2.34. The minimum Gasteiger partial charge on any atom is -0.260 e. The van der Waals surface area contributed by atoms with Gasteiger partial charge in [0.1, 0.15) is 0 Å². The Kier molecular flexibility index (Phi) is 3.87. The lowest BCUT2D eigenvalue weighted by Gasteiger charge is -1.96. The first-order valence-electron chi connectivity index (χ1n) is 4.26. The first-order valence-corrected chi connectivity index (χ1v) is 6.31. The van der Waals surface area contributed by atoms with Crippen LogP contribution in [0.3, 0.4) is 0 Å². The molecule has 0 aliphatic heterocycles. The van der Waals surface area contributed by atoms with E-state index in [9.17, 15) is 0 Å². The Hall–Kier alpha value is -0.980. The topological polar surface area (TPSA) is 50.2 Å². The van der Waals surface area contributed by atoms with E-state index in [0.717, 1.165) is 9.35 Å². The van der Waals surface area contributed by atoms with Gasteiger partial charge in [0.05, 0.1) is 6.21 Å². The molecule has 16 heavy (non-hydrogen) atoms. The second kappa shape index (κ2) is 5.38. The number of hydrogen-bond acceptors (Lipinski definition) is 5. The van der Waals surface area contributed by atoms with E-state index in [1.54, 1.807) is 29.7 Å². The first-order chi connectivity index (χ1) is 7.74. The minimum atomic E-state index is 0.358. The monoisotopic (exact) mass is 316 g/mol. The Morgan fingerprint density at radius 3 is 2.94 bits per heavy atom. The molecule has 0 atom stereocenters. The SMILES string of the molecule is Clc1ccc(N/N=C/c2cc(Br)cs2)nn1.